The first-order chi connectivity index (χ1) is 15.7. The lowest BCUT2D eigenvalue weighted by molar-refractivity contribution is -0.122. The maximum absolute atomic E-state index is 13.4. The fourth-order valence-electron chi connectivity index (χ4n) is 5.20. The Kier molecular flexibility index (Phi) is 6.15. The van der Waals surface area contributed by atoms with E-state index in [2.05, 4.69) is 39.8 Å². The van der Waals surface area contributed by atoms with Gasteiger partial charge in [0.05, 0.1) is 5.56 Å². The molecule has 2 fully saturated rings. The first-order valence-electron chi connectivity index (χ1n) is 12.2. The molecule has 2 aliphatic carbocycles. The molecule has 0 atom stereocenters. The fraction of sp³-hybridized carbons (Fsp3) is 0.481. The van der Waals surface area contributed by atoms with Gasteiger partial charge in [-0.05, 0) is 61.4 Å². The van der Waals surface area contributed by atoms with Crippen LogP contribution >= 0.6 is 0 Å². The van der Waals surface area contributed by atoms with Crippen LogP contribution in [0.5, 0.6) is 0 Å². The molecule has 2 aromatic rings. The molecule has 1 heterocycles. The Bertz CT molecular complexity index is 992. The first kappa shape index (κ1) is 21.0. The van der Waals surface area contributed by atoms with E-state index in [1.165, 1.54) is 30.4 Å². The Hall–Kier alpha value is -2.82. The molecule has 2 amide bonds. The van der Waals surface area contributed by atoms with Crippen LogP contribution in [0.1, 0.15) is 72.9 Å². The van der Waals surface area contributed by atoms with Crippen LogP contribution in [0.2, 0.25) is 0 Å². The molecule has 0 aromatic heterocycles. The number of amides is 2. The molecule has 0 radical (unpaired) electrons. The van der Waals surface area contributed by atoms with Crippen LogP contribution in [0.15, 0.2) is 42.5 Å². The zero-order chi connectivity index (χ0) is 21.9. The van der Waals surface area contributed by atoms with Gasteiger partial charge < -0.3 is 15.5 Å². The van der Waals surface area contributed by atoms with E-state index in [1.54, 1.807) is 0 Å². The number of rotatable bonds is 5. The van der Waals surface area contributed by atoms with Gasteiger partial charge in [-0.3, -0.25) is 9.59 Å². The van der Waals surface area contributed by atoms with Gasteiger partial charge in [-0.15, -0.1) is 0 Å². The van der Waals surface area contributed by atoms with Gasteiger partial charge in [0.1, 0.15) is 0 Å². The summed E-state index contributed by atoms with van der Waals surface area (Å²) in [5.41, 5.74) is 5.05. The van der Waals surface area contributed by atoms with Crippen molar-refractivity contribution in [2.45, 2.75) is 70.4 Å². The third-order valence-corrected chi connectivity index (χ3v) is 7.40. The standard InChI is InChI=1S/C27H33N3O2/c31-26(20-9-6-10-20)29-23-13-14-25(30-16-15-19-7-4-5-8-21(19)18-30)24(17-23)27(32)28-22-11-2-1-3-12-22/h4-5,7-8,13-14,17,20,22H,1-3,6,9-12,15-16,18H2,(H,28,32)(H,29,31). The Morgan fingerprint density at radius 3 is 2.41 bits per heavy atom. The zero-order valence-electron chi connectivity index (χ0n) is 18.7. The number of benzene rings is 2. The number of carbonyl (C=O) groups excluding carboxylic acids is 2. The highest BCUT2D eigenvalue weighted by Gasteiger charge is 2.27. The smallest absolute Gasteiger partial charge is 0.253 e. The quantitative estimate of drug-likeness (QED) is 0.696. The molecule has 0 spiro atoms. The predicted molar refractivity (Wildman–Crippen MR) is 128 cm³/mol. The van der Waals surface area contributed by atoms with Crippen molar-refractivity contribution in [3.63, 3.8) is 0 Å². The Morgan fingerprint density at radius 2 is 1.66 bits per heavy atom. The highest BCUT2D eigenvalue weighted by atomic mass is 16.2. The van der Waals surface area contributed by atoms with Crippen molar-refractivity contribution < 1.29 is 9.59 Å². The molecule has 5 nitrogen and oxygen atoms in total. The number of anilines is 2. The van der Waals surface area contributed by atoms with E-state index in [0.717, 1.165) is 63.0 Å². The molecule has 5 rings (SSSR count). The van der Waals surface area contributed by atoms with E-state index in [4.69, 9.17) is 0 Å². The van der Waals surface area contributed by atoms with Crippen molar-refractivity contribution >= 4 is 23.2 Å². The van der Waals surface area contributed by atoms with Crippen LogP contribution in [-0.4, -0.2) is 24.4 Å². The highest BCUT2D eigenvalue weighted by Crippen LogP contribution is 2.32. The van der Waals surface area contributed by atoms with E-state index < -0.39 is 0 Å². The summed E-state index contributed by atoms with van der Waals surface area (Å²) in [5, 5.41) is 6.33. The molecule has 2 saturated carbocycles. The summed E-state index contributed by atoms with van der Waals surface area (Å²) in [6.45, 7) is 1.68. The molecule has 5 heteroatoms. The molecule has 168 valence electrons. The van der Waals surface area contributed by atoms with Crippen molar-refractivity contribution in [3.8, 4) is 0 Å². The number of nitrogens with one attached hydrogen (secondary N) is 2. The second-order valence-corrected chi connectivity index (χ2v) is 9.60. The van der Waals surface area contributed by atoms with E-state index >= 15 is 0 Å². The lowest BCUT2D eigenvalue weighted by Gasteiger charge is -2.33. The van der Waals surface area contributed by atoms with Crippen LogP contribution in [0, 0.1) is 5.92 Å². The minimum absolute atomic E-state index is 0.0227. The maximum Gasteiger partial charge on any atom is 0.253 e. The van der Waals surface area contributed by atoms with Crippen LogP contribution in [0.4, 0.5) is 11.4 Å². The second-order valence-electron chi connectivity index (χ2n) is 9.60. The van der Waals surface area contributed by atoms with E-state index in [9.17, 15) is 9.59 Å². The summed E-state index contributed by atoms with van der Waals surface area (Å²) in [6, 6.07) is 14.6. The lowest BCUT2D eigenvalue weighted by Crippen LogP contribution is -2.38. The number of carbonyl (C=O) groups is 2. The Labute approximate surface area is 190 Å². The van der Waals surface area contributed by atoms with Gasteiger partial charge in [0.2, 0.25) is 5.91 Å². The van der Waals surface area contributed by atoms with Gasteiger partial charge in [0, 0.05) is 36.4 Å². The number of fused-ring (bicyclic) bond motifs is 1. The molecule has 2 aromatic carbocycles. The first-order valence-corrected chi connectivity index (χ1v) is 12.2. The second kappa shape index (κ2) is 9.35. The number of nitrogens with zero attached hydrogens (tertiary/aromatic N) is 1. The molecule has 0 bridgehead atoms. The van der Waals surface area contributed by atoms with Gasteiger partial charge in [-0.25, -0.2) is 0 Å². The van der Waals surface area contributed by atoms with Crippen molar-refractivity contribution in [2.24, 2.45) is 5.92 Å². The van der Waals surface area contributed by atoms with Gasteiger partial charge >= 0.3 is 0 Å². The van der Waals surface area contributed by atoms with Gasteiger partial charge in [0.25, 0.3) is 5.91 Å². The van der Waals surface area contributed by atoms with Crippen molar-refractivity contribution in [1.29, 1.82) is 0 Å². The van der Waals surface area contributed by atoms with Crippen molar-refractivity contribution in [3.05, 3.63) is 59.2 Å². The van der Waals surface area contributed by atoms with Crippen LogP contribution in [0.3, 0.4) is 0 Å². The van der Waals surface area contributed by atoms with Gasteiger partial charge in [0.15, 0.2) is 0 Å². The SMILES string of the molecule is O=C(NC1CCCCC1)c1cc(NC(=O)C2CCC2)ccc1N1CCc2ccccc2C1. The summed E-state index contributed by atoms with van der Waals surface area (Å²) in [4.78, 5) is 28.2. The zero-order valence-corrected chi connectivity index (χ0v) is 18.7. The molecular weight excluding hydrogens is 398 g/mol. The predicted octanol–water partition coefficient (Wildman–Crippen LogP) is 5.05. The van der Waals surface area contributed by atoms with Crippen LogP contribution in [0.25, 0.3) is 0 Å². The average Bonchev–Trinajstić information content (AvgIpc) is 2.78. The molecular formula is C27H33N3O2. The van der Waals surface area contributed by atoms with Crippen molar-refractivity contribution in [1.82, 2.24) is 5.32 Å². The summed E-state index contributed by atoms with van der Waals surface area (Å²) in [5.74, 6) is 0.174. The molecule has 1 aliphatic heterocycles. The summed E-state index contributed by atoms with van der Waals surface area (Å²) in [7, 11) is 0. The number of hydrogen-bond acceptors (Lipinski definition) is 3. The van der Waals surface area contributed by atoms with Crippen LogP contribution < -0.4 is 15.5 Å². The maximum atomic E-state index is 13.4. The highest BCUT2D eigenvalue weighted by molar-refractivity contribution is 6.02. The molecule has 3 aliphatic rings. The lowest BCUT2D eigenvalue weighted by atomic mass is 9.85. The minimum Gasteiger partial charge on any atom is -0.366 e. The average molecular weight is 432 g/mol. The monoisotopic (exact) mass is 431 g/mol. The summed E-state index contributed by atoms with van der Waals surface area (Å²) < 4.78 is 0. The van der Waals surface area contributed by atoms with Crippen LogP contribution in [-0.2, 0) is 17.8 Å². The third-order valence-electron chi connectivity index (χ3n) is 7.40. The largest absolute Gasteiger partial charge is 0.366 e. The fourth-order valence-corrected chi connectivity index (χ4v) is 5.20. The normalized spacial score (nSPS) is 19.1. The topological polar surface area (TPSA) is 61.4 Å². The Balaban J connectivity index is 1.40. The number of hydrogen-bond donors (Lipinski definition) is 2. The molecule has 32 heavy (non-hydrogen) atoms. The van der Waals surface area contributed by atoms with E-state index in [0.29, 0.717) is 5.56 Å². The minimum atomic E-state index is -0.0227. The Morgan fingerprint density at radius 1 is 0.875 bits per heavy atom. The molecule has 2 N–H and O–H groups in total. The summed E-state index contributed by atoms with van der Waals surface area (Å²) in [6.07, 6.45) is 9.75. The van der Waals surface area contributed by atoms with Gasteiger partial charge in [-0.2, -0.15) is 0 Å². The van der Waals surface area contributed by atoms with Crippen molar-refractivity contribution in [2.75, 3.05) is 16.8 Å². The molecule has 0 saturated heterocycles. The summed E-state index contributed by atoms with van der Waals surface area (Å²) >= 11 is 0. The molecule has 0 unspecified atom stereocenters. The van der Waals surface area contributed by atoms with E-state index in [-0.39, 0.29) is 23.8 Å². The third kappa shape index (κ3) is 4.52. The van der Waals surface area contributed by atoms with E-state index in [1.807, 2.05) is 18.2 Å². The van der Waals surface area contributed by atoms with Gasteiger partial charge in [-0.1, -0.05) is 49.9 Å².